The highest BCUT2D eigenvalue weighted by atomic mass is 16.5. The summed E-state index contributed by atoms with van der Waals surface area (Å²) in [6, 6.07) is 12.0. The molecule has 0 bridgehead atoms. The highest BCUT2D eigenvalue weighted by Gasteiger charge is 2.04. The number of hydrogen-bond acceptors (Lipinski definition) is 2. The molecule has 0 fully saturated rings. The maximum Gasteiger partial charge on any atom is 0.161 e. The second-order valence-corrected chi connectivity index (χ2v) is 4.27. The molecule has 2 rings (SSSR count). The van der Waals surface area contributed by atoms with E-state index >= 15 is 0 Å². The van der Waals surface area contributed by atoms with E-state index in [2.05, 4.69) is 30.5 Å². The number of ether oxygens (including phenoxy) is 2. The van der Waals surface area contributed by atoms with Crippen LogP contribution in [0.25, 0.3) is 0 Å². The zero-order valence-electron chi connectivity index (χ0n) is 11.1. The molecule has 3 nitrogen and oxygen atoms in total. The minimum atomic E-state index is 0.636. The average molecular weight is 245 g/mol. The minimum Gasteiger partial charge on any atom is -0.493 e. The number of aromatic nitrogens is 1. The third kappa shape index (κ3) is 2.67. The summed E-state index contributed by atoms with van der Waals surface area (Å²) in [7, 11) is 1.66. The van der Waals surface area contributed by atoms with E-state index in [4.69, 9.17) is 9.47 Å². The van der Waals surface area contributed by atoms with Crippen molar-refractivity contribution in [3.05, 3.63) is 47.8 Å². The van der Waals surface area contributed by atoms with Gasteiger partial charge < -0.3 is 14.0 Å². The average Bonchev–Trinajstić information content (AvgIpc) is 2.71. The first-order valence-electron chi connectivity index (χ1n) is 6.11. The van der Waals surface area contributed by atoms with Crippen LogP contribution in [-0.2, 0) is 6.54 Å². The molecule has 96 valence electrons. The summed E-state index contributed by atoms with van der Waals surface area (Å²) >= 11 is 0. The Morgan fingerprint density at radius 1 is 0.944 bits per heavy atom. The Morgan fingerprint density at radius 3 is 2.17 bits per heavy atom. The molecule has 0 radical (unpaired) electrons. The van der Waals surface area contributed by atoms with Crippen LogP contribution in [0.1, 0.15) is 11.4 Å². The lowest BCUT2D eigenvalue weighted by Gasteiger charge is -2.12. The monoisotopic (exact) mass is 245 g/mol. The topological polar surface area (TPSA) is 23.4 Å². The quantitative estimate of drug-likeness (QED) is 0.807. The van der Waals surface area contributed by atoms with Gasteiger partial charge in [-0.2, -0.15) is 0 Å². The molecule has 0 aliphatic carbocycles. The molecule has 1 aromatic carbocycles. The molecule has 0 spiro atoms. The van der Waals surface area contributed by atoms with E-state index < -0.39 is 0 Å². The van der Waals surface area contributed by atoms with Gasteiger partial charge in [0.25, 0.3) is 0 Å². The number of benzene rings is 1. The fourth-order valence-electron chi connectivity index (χ4n) is 2.04. The first-order chi connectivity index (χ1) is 8.72. The normalized spacial score (nSPS) is 10.4. The van der Waals surface area contributed by atoms with Gasteiger partial charge >= 0.3 is 0 Å². The second-order valence-electron chi connectivity index (χ2n) is 4.27. The Bertz CT molecular complexity index is 497. The molecular weight excluding hydrogens is 226 g/mol. The SMILES string of the molecule is COc1ccccc1OCCn1c(C)ccc1C. The summed E-state index contributed by atoms with van der Waals surface area (Å²) in [5, 5.41) is 0. The van der Waals surface area contributed by atoms with Gasteiger partial charge in [0, 0.05) is 11.4 Å². The van der Waals surface area contributed by atoms with Crippen molar-refractivity contribution in [2.45, 2.75) is 20.4 Å². The molecule has 0 N–H and O–H groups in total. The summed E-state index contributed by atoms with van der Waals surface area (Å²) in [6.07, 6.45) is 0. The fourth-order valence-corrected chi connectivity index (χ4v) is 2.04. The summed E-state index contributed by atoms with van der Waals surface area (Å²) in [6.45, 7) is 5.70. The van der Waals surface area contributed by atoms with Crippen LogP contribution in [0.3, 0.4) is 0 Å². The minimum absolute atomic E-state index is 0.636. The first kappa shape index (κ1) is 12.6. The van der Waals surface area contributed by atoms with Gasteiger partial charge in [-0.25, -0.2) is 0 Å². The van der Waals surface area contributed by atoms with E-state index in [-0.39, 0.29) is 0 Å². The van der Waals surface area contributed by atoms with Gasteiger partial charge in [-0.15, -0.1) is 0 Å². The van der Waals surface area contributed by atoms with Gasteiger partial charge in [-0.1, -0.05) is 12.1 Å². The van der Waals surface area contributed by atoms with Crippen LogP contribution in [-0.4, -0.2) is 18.3 Å². The molecule has 3 heteroatoms. The predicted molar refractivity (Wildman–Crippen MR) is 72.4 cm³/mol. The highest BCUT2D eigenvalue weighted by molar-refractivity contribution is 5.39. The Labute approximate surface area is 108 Å². The summed E-state index contributed by atoms with van der Waals surface area (Å²) in [4.78, 5) is 0. The Kier molecular flexibility index (Phi) is 3.92. The maximum atomic E-state index is 5.77. The lowest BCUT2D eigenvalue weighted by molar-refractivity contribution is 0.278. The van der Waals surface area contributed by atoms with E-state index in [0.29, 0.717) is 6.61 Å². The third-order valence-electron chi connectivity index (χ3n) is 3.06. The summed E-state index contributed by atoms with van der Waals surface area (Å²) in [5.74, 6) is 1.57. The molecular formula is C15H19NO2. The predicted octanol–water partition coefficient (Wildman–Crippen LogP) is 3.19. The van der Waals surface area contributed by atoms with Crippen molar-refractivity contribution in [2.75, 3.05) is 13.7 Å². The molecule has 2 aromatic rings. The smallest absolute Gasteiger partial charge is 0.161 e. The van der Waals surface area contributed by atoms with Crippen molar-refractivity contribution in [2.24, 2.45) is 0 Å². The summed E-state index contributed by atoms with van der Waals surface area (Å²) < 4.78 is 13.3. The molecule has 0 aliphatic rings. The molecule has 0 unspecified atom stereocenters. The van der Waals surface area contributed by atoms with Crippen molar-refractivity contribution in [1.82, 2.24) is 4.57 Å². The fraction of sp³-hybridized carbons (Fsp3) is 0.333. The Morgan fingerprint density at radius 2 is 1.56 bits per heavy atom. The Hall–Kier alpha value is -1.90. The number of methoxy groups -OCH3 is 1. The van der Waals surface area contributed by atoms with Crippen molar-refractivity contribution in [3.8, 4) is 11.5 Å². The van der Waals surface area contributed by atoms with Crippen molar-refractivity contribution in [1.29, 1.82) is 0 Å². The zero-order chi connectivity index (χ0) is 13.0. The van der Waals surface area contributed by atoms with Gasteiger partial charge in [0.2, 0.25) is 0 Å². The Balaban J connectivity index is 1.96. The number of nitrogens with zero attached hydrogens (tertiary/aromatic N) is 1. The van der Waals surface area contributed by atoms with E-state index in [1.807, 2.05) is 24.3 Å². The van der Waals surface area contributed by atoms with Crippen LogP contribution in [0, 0.1) is 13.8 Å². The largest absolute Gasteiger partial charge is 0.493 e. The van der Waals surface area contributed by atoms with Crippen molar-refractivity contribution >= 4 is 0 Å². The van der Waals surface area contributed by atoms with Crippen LogP contribution in [0.4, 0.5) is 0 Å². The number of para-hydroxylation sites is 2. The summed E-state index contributed by atoms with van der Waals surface area (Å²) in [5.41, 5.74) is 2.52. The number of aryl methyl sites for hydroxylation is 2. The lowest BCUT2D eigenvalue weighted by Crippen LogP contribution is -2.10. The van der Waals surface area contributed by atoms with Gasteiger partial charge in [-0.3, -0.25) is 0 Å². The molecule has 0 aliphatic heterocycles. The van der Waals surface area contributed by atoms with E-state index in [1.54, 1.807) is 7.11 Å². The molecule has 1 aromatic heterocycles. The van der Waals surface area contributed by atoms with Gasteiger partial charge in [0.05, 0.1) is 13.7 Å². The van der Waals surface area contributed by atoms with E-state index in [1.165, 1.54) is 11.4 Å². The van der Waals surface area contributed by atoms with Crippen LogP contribution in [0.2, 0.25) is 0 Å². The molecule has 0 saturated carbocycles. The molecule has 0 saturated heterocycles. The van der Waals surface area contributed by atoms with Crippen LogP contribution in [0.15, 0.2) is 36.4 Å². The standard InChI is InChI=1S/C15H19NO2/c1-12-8-9-13(2)16(12)10-11-18-15-7-5-4-6-14(15)17-3/h4-9H,10-11H2,1-3H3. The van der Waals surface area contributed by atoms with Crippen molar-refractivity contribution < 1.29 is 9.47 Å². The van der Waals surface area contributed by atoms with Crippen LogP contribution < -0.4 is 9.47 Å². The molecule has 0 amide bonds. The zero-order valence-corrected chi connectivity index (χ0v) is 11.1. The van der Waals surface area contributed by atoms with Crippen molar-refractivity contribution in [3.63, 3.8) is 0 Å². The lowest BCUT2D eigenvalue weighted by atomic mass is 10.3. The third-order valence-corrected chi connectivity index (χ3v) is 3.06. The molecule has 0 atom stereocenters. The number of rotatable bonds is 5. The van der Waals surface area contributed by atoms with Gasteiger partial charge in [-0.05, 0) is 38.1 Å². The van der Waals surface area contributed by atoms with Gasteiger partial charge in [0.1, 0.15) is 6.61 Å². The number of hydrogen-bond donors (Lipinski definition) is 0. The highest BCUT2D eigenvalue weighted by Crippen LogP contribution is 2.25. The van der Waals surface area contributed by atoms with Gasteiger partial charge in [0.15, 0.2) is 11.5 Å². The van der Waals surface area contributed by atoms with Crippen LogP contribution in [0.5, 0.6) is 11.5 Å². The second kappa shape index (κ2) is 5.63. The van der Waals surface area contributed by atoms with E-state index in [9.17, 15) is 0 Å². The molecule has 1 heterocycles. The maximum absolute atomic E-state index is 5.77. The van der Waals surface area contributed by atoms with Crippen LogP contribution >= 0.6 is 0 Å². The van der Waals surface area contributed by atoms with E-state index in [0.717, 1.165) is 18.0 Å². The first-order valence-corrected chi connectivity index (χ1v) is 6.11. The molecule has 18 heavy (non-hydrogen) atoms.